The molecule has 1 unspecified atom stereocenters. The Bertz CT molecular complexity index is 518. The third kappa shape index (κ3) is 5.56. The van der Waals surface area contributed by atoms with Crippen molar-refractivity contribution < 1.29 is 14.6 Å². The molecule has 1 aliphatic rings. The summed E-state index contributed by atoms with van der Waals surface area (Å²) in [5.74, 6) is -0.153. The molecule has 0 amide bonds. The summed E-state index contributed by atoms with van der Waals surface area (Å²) < 4.78 is 5.71. The zero-order valence-electron chi connectivity index (χ0n) is 14.7. The number of aromatic carboxylic acids is 1. The second-order valence-electron chi connectivity index (χ2n) is 8.14. The number of benzene rings is 1. The maximum absolute atomic E-state index is 10.8. The van der Waals surface area contributed by atoms with E-state index in [2.05, 4.69) is 20.8 Å². The maximum Gasteiger partial charge on any atom is 0.335 e. The molecule has 1 saturated carbocycles. The van der Waals surface area contributed by atoms with Gasteiger partial charge in [0.15, 0.2) is 0 Å². The molecule has 1 aliphatic carbocycles. The summed E-state index contributed by atoms with van der Waals surface area (Å²) in [6.45, 7) is 7.94. The lowest BCUT2D eigenvalue weighted by atomic mass is 9.63. The van der Waals surface area contributed by atoms with Gasteiger partial charge in [0.1, 0.15) is 5.75 Å². The fourth-order valence-electron chi connectivity index (χ4n) is 4.08. The van der Waals surface area contributed by atoms with E-state index in [0.717, 1.165) is 12.2 Å². The molecule has 0 aromatic heterocycles. The number of hydrogen-bond acceptors (Lipinski definition) is 2. The lowest BCUT2D eigenvalue weighted by Crippen LogP contribution is -2.30. The van der Waals surface area contributed by atoms with Crippen LogP contribution in [0.1, 0.15) is 76.1 Å². The average Bonchev–Trinajstić information content (AvgIpc) is 2.46. The first kappa shape index (κ1) is 17.8. The van der Waals surface area contributed by atoms with Crippen molar-refractivity contribution in [2.75, 3.05) is 6.61 Å². The van der Waals surface area contributed by atoms with Gasteiger partial charge in [-0.25, -0.2) is 4.79 Å². The second kappa shape index (κ2) is 7.37. The average molecular weight is 318 g/mol. The van der Waals surface area contributed by atoms with Crippen LogP contribution >= 0.6 is 0 Å². The van der Waals surface area contributed by atoms with Crippen LogP contribution in [0.25, 0.3) is 0 Å². The summed E-state index contributed by atoms with van der Waals surface area (Å²) in [5, 5.41) is 8.87. The lowest BCUT2D eigenvalue weighted by molar-refractivity contribution is 0.0696. The molecule has 0 bridgehead atoms. The van der Waals surface area contributed by atoms with E-state index in [1.165, 1.54) is 38.5 Å². The van der Waals surface area contributed by atoms with Crippen LogP contribution in [0.15, 0.2) is 24.3 Å². The Labute approximate surface area is 140 Å². The van der Waals surface area contributed by atoms with Gasteiger partial charge in [-0.15, -0.1) is 0 Å². The Morgan fingerprint density at radius 3 is 2.43 bits per heavy atom. The smallest absolute Gasteiger partial charge is 0.335 e. The summed E-state index contributed by atoms with van der Waals surface area (Å²) in [6, 6.07) is 6.63. The van der Waals surface area contributed by atoms with Crippen molar-refractivity contribution in [3.63, 3.8) is 0 Å². The van der Waals surface area contributed by atoms with E-state index in [4.69, 9.17) is 9.84 Å². The molecule has 0 spiro atoms. The van der Waals surface area contributed by atoms with Crippen LogP contribution in [-0.2, 0) is 0 Å². The van der Waals surface area contributed by atoms with Crippen LogP contribution in [0.2, 0.25) is 0 Å². The molecule has 2 rings (SSSR count). The maximum atomic E-state index is 10.8. The Kier molecular flexibility index (Phi) is 5.72. The van der Waals surface area contributed by atoms with Gasteiger partial charge in [-0.3, -0.25) is 0 Å². The van der Waals surface area contributed by atoms with E-state index in [1.807, 2.05) is 0 Å². The molecular weight excluding hydrogens is 288 g/mol. The van der Waals surface area contributed by atoms with Gasteiger partial charge in [0.25, 0.3) is 0 Å². The third-order valence-electron chi connectivity index (χ3n) is 5.08. The third-order valence-corrected chi connectivity index (χ3v) is 5.08. The number of carboxylic acid groups (broad SMARTS) is 1. The number of ether oxygens (including phenoxy) is 1. The highest BCUT2D eigenvalue weighted by atomic mass is 16.5. The predicted octanol–water partition coefficient (Wildman–Crippen LogP) is 5.54. The molecule has 3 heteroatoms. The van der Waals surface area contributed by atoms with E-state index in [-0.39, 0.29) is 0 Å². The minimum Gasteiger partial charge on any atom is -0.494 e. The molecule has 3 nitrogen and oxygen atoms in total. The molecular formula is C20H30O3. The van der Waals surface area contributed by atoms with E-state index in [9.17, 15) is 4.79 Å². The zero-order valence-corrected chi connectivity index (χ0v) is 14.7. The van der Waals surface area contributed by atoms with Gasteiger partial charge in [-0.05, 0) is 73.6 Å². The molecule has 1 aromatic rings. The number of hydrogen-bond donors (Lipinski definition) is 1. The second-order valence-corrected chi connectivity index (χ2v) is 8.14. The van der Waals surface area contributed by atoms with Crippen molar-refractivity contribution >= 4 is 5.97 Å². The van der Waals surface area contributed by atoms with Gasteiger partial charge in [0.05, 0.1) is 12.2 Å². The molecule has 0 saturated heterocycles. The van der Waals surface area contributed by atoms with Gasteiger partial charge in [-0.2, -0.15) is 0 Å². The minimum absolute atomic E-state index is 0.296. The normalized spacial score (nSPS) is 23.4. The molecule has 23 heavy (non-hydrogen) atoms. The summed E-state index contributed by atoms with van der Waals surface area (Å²) in [7, 11) is 0. The monoisotopic (exact) mass is 318 g/mol. The van der Waals surface area contributed by atoms with Crippen molar-refractivity contribution in [1.82, 2.24) is 0 Å². The van der Waals surface area contributed by atoms with E-state index in [0.29, 0.717) is 23.0 Å². The topological polar surface area (TPSA) is 46.5 Å². The Hall–Kier alpha value is -1.51. The summed E-state index contributed by atoms with van der Waals surface area (Å²) in [6.07, 6.45) is 8.92. The van der Waals surface area contributed by atoms with Gasteiger partial charge in [-0.1, -0.05) is 27.2 Å². The van der Waals surface area contributed by atoms with Crippen LogP contribution < -0.4 is 4.74 Å². The van der Waals surface area contributed by atoms with Crippen LogP contribution in [0.5, 0.6) is 5.75 Å². The van der Waals surface area contributed by atoms with Gasteiger partial charge < -0.3 is 9.84 Å². The van der Waals surface area contributed by atoms with Crippen molar-refractivity contribution in [3.8, 4) is 5.75 Å². The molecule has 1 fully saturated rings. The zero-order chi connectivity index (χ0) is 16.9. The number of unbranched alkanes of at least 4 members (excludes halogenated alkanes) is 1. The van der Waals surface area contributed by atoms with E-state index < -0.39 is 5.97 Å². The fourth-order valence-corrected chi connectivity index (χ4v) is 4.08. The van der Waals surface area contributed by atoms with Crippen molar-refractivity contribution in [1.29, 1.82) is 0 Å². The first-order chi connectivity index (χ1) is 10.8. The molecule has 1 N–H and O–H groups in total. The highest BCUT2D eigenvalue weighted by Gasteiger charge is 2.35. The van der Waals surface area contributed by atoms with Crippen molar-refractivity contribution in [3.05, 3.63) is 29.8 Å². The molecule has 1 atom stereocenters. The standard InChI is InChI=1S/C20H30O3/c1-19(2)11-6-13-20(3,15-19)12-4-5-14-23-17-9-7-16(8-10-17)18(21)22/h7-10H,4-6,11-15H2,1-3H3,(H,21,22). The van der Waals surface area contributed by atoms with E-state index >= 15 is 0 Å². The van der Waals surface area contributed by atoms with Gasteiger partial charge >= 0.3 is 5.97 Å². The summed E-state index contributed by atoms with van der Waals surface area (Å²) in [4.78, 5) is 10.8. The molecule has 0 radical (unpaired) electrons. The highest BCUT2D eigenvalue weighted by Crippen LogP contribution is 2.48. The molecule has 128 valence electrons. The van der Waals surface area contributed by atoms with Crippen molar-refractivity contribution in [2.24, 2.45) is 10.8 Å². The van der Waals surface area contributed by atoms with Crippen LogP contribution in [-0.4, -0.2) is 17.7 Å². The largest absolute Gasteiger partial charge is 0.494 e. The number of carboxylic acids is 1. The summed E-state index contributed by atoms with van der Waals surface area (Å²) >= 11 is 0. The number of carbonyl (C=O) groups is 1. The Morgan fingerprint density at radius 2 is 1.83 bits per heavy atom. The molecule has 0 aliphatic heterocycles. The molecule has 1 aromatic carbocycles. The van der Waals surface area contributed by atoms with E-state index in [1.54, 1.807) is 24.3 Å². The lowest BCUT2D eigenvalue weighted by Gasteiger charge is -2.43. The minimum atomic E-state index is -0.903. The SMILES string of the molecule is CC1(C)CCCC(C)(CCCCOc2ccc(C(=O)O)cc2)C1. The summed E-state index contributed by atoms with van der Waals surface area (Å²) in [5.41, 5.74) is 1.28. The first-order valence-corrected chi connectivity index (χ1v) is 8.76. The predicted molar refractivity (Wildman–Crippen MR) is 93.1 cm³/mol. The van der Waals surface area contributed by atoms with Crippen molar-refractivity contribution in [2.45, 2.75) is 65.7 Å². The quantitative estimate of drug-likeness (QED) is 0.671. The first-order valence-electron chi connectivity index (χ1n) is 8.76. The highest BCUT2D eigenvalue weighted by molar-refractivity contribution is 5.87. The fraction of sp³-hybridized carbons (Fsp3) is 0.650. The van der Waals surface area contributed by atoms with Gasteiger partial charge in [0, 0.05) is 0 Å². The molecule has 0 heterocycles. The van der Waals surface area contributed by atoms with Crippen LogP contribution in [0.3, 0.4) is 0 Å². The van der Waals surface area contributed by atoms with Gasteiger partial charge in [0.2, 0.25) is 0 Å². The van der Waals surface area contributed by atoms with Crippen LogP contribution in [0.4, 0.5) is 0 Å². The Morgan fingerprint density at radius 1 is 1.13 bits per heavy atom. The Balaban J connectivity index is 1.68. The van der Waals surface area contributed by atoms with Crippen LogP contribution in [0, 0.1) is 10.8 Å². The number of rotatable bonds is 7.